The van der Waals surface area contributed by atoms with Gasteiger partial charge in [0.2, 0.25) is 0 Å². The van der Waals surface area contributed by atoms with E-state index in [0.717, 1.165) is 18.1 Å². The molecule has 3 radical (unpaired) electrons. The zero-order valence-corrected chi connectivity index (χ0v) is 13.1. The zero-order chi connectivity index (χ0) is 12.3. The van der Waals surface area contributed by atoms with Gasteiger partial charge >= 0.3 is 0 Å². The van der Waals surface area contributed by atoms with Crippen LogP contribution in [0.2, 0.25) is 18.1 Å². The summed E-state index contributed by atoms with van der Waals surface area (Å²) in [7, 11) is -1.62. The van der Waals surface area contributed by atoms with Crippen LogP contribution in [-0.2, 0) is 4.43 Å². The van der Waals surface area contributed by atoms with Gasteiger partial charge in [-0.3, -0.25) is 0 Å². The van der Waals surface area contributed by atoms with Crippen molar-refractivity contribution in [3.63, 3.8) is 0 Å². The predicted molar refractivity (Wildman–Crippen MR) is 74.4 cm³/mol. The van der Waals surface area contributed by atoms with Crippen LogP contribution in [-0.4, -0.2) is 33.0 Å². The van der Waals surface area contributed by atoms with Crippen LogP contribution in [0.15, 0.2) is 0 Å². The van der Waals surface area contributed by atoms with Gasteiger partial charge in [-0.05, 0) is 45.8 Å². The van der Waals surface area contributed by atoms with Crippen molar-refractivity contribution in [2.24, 2.45) is 0 Å². The predicted octanol–water partition coefficient (Wildman–Crippen LogP) is 3.18. The minimum Gasteiger partial charge on any atom is -0.409 e. The van der Waals surface area contributed by atoms with Crippen LogP contribution >= 0.6 is 0 Å². The van der Waals surface area contributed by atoms with E-state index in [1.54, 1.807) is 0 Å². The maximum atomic E-state index is 10.1. The minimum absolute atomic E-state index is 0. The van der Waals surface area contributed by atoms with Crippen molar-refractivity contribution in [2.75, 3.05) is 0 Å². The molecular weight excluding hydrogens is 215 g/mol. The molecule has 0 atom stereocenters. The monoisotopic (exact) mass is 243 g/mol. The van der Waals surface area contributed by atoms with Gasteiger partial charge in [-0.15, -0.1) is 0 Å². The second-order valence-electron chi connectivity index (χ2n) is 5.42. The quantitative estimate of drug-likeness (QED) is 0.726. The Bertz CT molecular complexity index is 187. The van der Waals surface area contributed by atoms with Gasteiger partial charge in [0, 0.05) is 8.41 Å². The fraction of sp³-hybridized carbons (Fsp3) is 1.00. The highest BCUT2D eigenvalue weighted by atomic mass is 28.4. The van der Waals surface area contributed by atoms with Crippen LogP contribution in [0, 0.1) is 0 Å². The molecule has 0 bridgehead atoms. The summed E-state index contributed by atoms with van der Waals surface area (Å²) < 4.78 is 6.33. The summed E-state index contributed by atoms with van der Waals surface area (Å²) >= 11 is 0. The molecule has 0 heterocycles. The number of hydrogen-bond donors (Lipinski definition) is 1. The summed E-state index contributed by atoms with van der Waals surface area (Å²) in [6.45, 7) is 14.3. The van der Waals surface area contributed by atoms with Crippen molar-refractivity contribution in [1.29, 1.82) is 0 Å². The number of rotatable bonds is 6. The summed E-state index contributed by atoms with van der Waals surface area (Å²) in [5, 5.41) is 10.1. The first-order valence-electron chi connectivity index (χ1n) is 6.06. The average Bonchev–Trinajstić information content (AvgIpc) is 2.12. The zero-order valence-electron chi connectivity index (χ0n) is 12.1. The highest BCUT2D eigenvalue weighted by Gasteiger charge is 2.43. The molecule has 2 nitrogen and oxygen atoms in total. The third-order valence-electron chi connectivity index (χ3n) is 3.88. The maximum Gasteiger partial charge on any atom is 0.192 e. The van der Waals surface area contributed by atoms with Crippen LogP contribution in [0.1, 0.15) is 48.5 Å². The Labute approximate surface area is 104 Å². The summed E-state index contributed by atoms with van der Waals surface area (Å²) in [4.78, 5) is 0. The molecule has 0 fully saturated rings. The molecule has 0 saturated heterocycles. The SMILES string of the molecule is CC[Si](CC)(CC)OC(C)(C)C(C)(C)O.[B]. The molecule has 1 N–H and O–H groups in total. The number of hydrogen-bond acceptors (Lipinski definition) is 2. The molecule has 16 heavy (non-hydrogen) atoms. The van der Waals surface area contributed by atoms with Crippen LogP contribution in [0.25, 0.3) is 0 Å². The van der Waals surface area contributed by atoms with Gasteiger partial charge < -0.3 is 9.53 Å². The van der Waals surface area contributed by atoms with Crippen LogP contribution in [0.3, 0.4) is 0 Å². The maximum absolute atomic E-state index is 10.1. The fourth-order valence-electron chi connectivity index (χ4n) is 1.63. The standard InChI is InChI=1S/C12H28O2Si.B/c1-8-15(9-2,10-3)14-12(6,7)11(4,5)13;/h13H,8-10H2,1-7H3;. The molecule has 0 aliphatic carbocycles. The second-order valence-corrected chi connectivity index (χ2v) is 10.1. The molecule has 0 aromatic carbocycles. The Hall–Kier alpha value is 0.202. The topological polar surface area (TPSA) is 29.5 Å². The molecule has 0 aromatic heterocycles. The third kappa shape index (κ3) is 4.23. The molecule has 0 unspecified atom stereocenters. The Balaban J connectivity index is 0. The normalized spacial score (nSPS) is 13.5. The van der Waals surface area contributed by atoms with Crippen molar-refractivity contribution < 1.29 is 9.53 Å². The summed E-state index contributed by atoms with van der Waals surface area (Å²) in [5.41, 5.74) is -1.24. The smallest absolute Gasteiger partial charge is 0.192 e. The van der Waals surface area contributed by atoms with Crippen LogP contribution in [0.4, 0.5) is 0 Å². The van der Waals surface area contributed by atoms with Gasteiger partial charge in [-0.2, -0.15) is 0 Å². The lowest BCUT2D eigenvalue weighted by molar-refractivity contribution is -0.0971. The summed E-state index contributed by atoms with van der Waals surface area (Å²) in [5.74, 6) is 0. The Morgan fingerprint density at radius 1 is 0.938 bits per heavy atom. The van der Waals surface area contributed by atoms with Crippen molar-refractivity contribution >= 4 is 16.7 Å². The van der Waals surface area contributed by atoms with E-state index >= 15 is 0 Å². The largest absolute Gasteiger partial charge is 0.409 e. The van der Waals surface area contributed by atoms with Gasteiger partial charge in [0.25, 0.3) is 0 Å². The van der Waals surface area contributed by atoms with Crippen molar-refractivity contribution in [3.05, 3.63) is 0 Å². The van der Waals surface area contributed by atoms with Crippen molar-refractivity contribution in [3.8, 4) is 0 Å². The lowest BCUT2D eigenvalue weighted by Crippen LogP contribution is -2.54. The minimum atomic E-state index is -1.62. The lowest BCUT2D eigenvalue weighted by Gasteiger charge is -2.44. The number of aliphatic hydroxyl groups is 1. The average molecular weight is 243 g/mol. The van der Waals surface area contributed by atoms with E-state index in [0.29, 0.717) is 0 Å². The van der Waals surface area contributed by atoms with E-state index in [-0.39, 0.29) is 8.41 Å². The highest BCUT2D eigenvalue weighted by molar-refractivity contribution is 6.73. The molecule has 0 aromatic rings. The first-order chi connectivity index (χ1) is 6.64. The fourth-order valence-corrected chi connectivity index (χ4v) is 4.90. The molecule has 0 rings (SSSR count). The first-order valence-corrected chi connectivity index (χ1v) is 8.59. The molecule has 0 aliphatic heterocycles. The Morgan fingerprint density at radius 2 is 1.25 bits per heavy atom. The summed E-state index contributed by atoms with van der Waals surface area (Å²) in [6, 6.07) is 3.37. The molecule has 0 aliphatic rings. The molecule has 95 valence electrons. The molecule has 0 saturated carbocycles. The molecule has 0 amide bonds. The van der Waals surface area contributed by atoms with E-state index < -0.39 is 19.5 Å². The molecule has 4 heteroatoms. The van der Waals surface area contributed by atoms with E-state index in [4.69, 9.17) is 4.43 Å². The van der Waals surface area contributed by atoms with E-state index in [1.807, 2.05) is 27.7 Å². The highest BCUT2D eigenvalue weighted by Crippen LogP contribution is 2.33. The van der Waals surface area contributed by atoms with Gasteiger partial charge in [0.05, 0.1) is 11.2 Å². The Morgan fingerprint density at radius 3 is 1.44 bits per heavy atom. The van der Waals surface area contributed by atoms with Crippen LogP contribution in [0.5, 0.6) is 0 Å². The second kappa shape index (κ2) is 6.22. The van der Waals surface area contributed by atoms with Crippen molar-refractivity contribution in [2.45, 2.75) is 77.8 Å². The van der Waals surface area contributed by atoms with Crippen molar-refractivity contribution in [1.82, 2.24) is 0 Å². The van der Waals surface area contributed by atoms with Crippen LogP contribution < -0.4 is 0 Å². The molecular formula is C12H28BO2Si. The van der Waals surface area contributed by atoms with Gasteiger partial charge in [-0.25, -0.2) is 0 Å². The third-order valence-corrected chi connectivity index (χ3v) is 8.69. The molecule has 0 spiro atoms. The van der Waals surface area contributed by atoms with Gasteiger partial charge in [-0.1, -0.05) is 20.8 Å². The van der Waals surface area contributed by atoms with E-state index in [9.17, 15) is 5.11 Å². The summed E-state index contributed by atoms with van der Waals surface area (Å²) in [6.07, 6.45) is 0. The first kappa shape index (κ1) is 18.6. The van der Waals surface area contributed by atoms with E-state index in [1.165, 1.54) is 0 Å². The van der Waals surface area contributed by atoms with E-state index in [2.05, 4.69) is 20.8 Å². The Kier molecular flexibility index (Phi) is 7.22. The van der Waals surface area contributed by atoms with Gasteiger partial charge in [0.1, 0.15) is 0 Å². The van der Waals surface area contributed by atoms with Gasteiger partial charge in [0.15, 0.2) is 8.32 Å². The lowest BCUT2D eigenvalue weighted by atomic mass is 9.90.